The summed E-state index contributed by atoms with van der Waals surface area (Å²) in [4.78, 5) is 19.5. The second-order valence-electron chi connectivity index (χ2n) is 5.33. The van der Waals surface area contributed by atoms with E-state index in [1.807, 2.05) is 0 Å². The minimum Gasteiger partial charge on any atom is -0.497 e. The van der Waals surface area contributed by atoms with E-state index in [0.29, 0.717) is 33.4 Å². The molecule has 0 radical (unpaired) electrons. The Morgan fingerprint density at radius 2 is 1.96 bits per heavy atom. The van der Waals surface area contributed by atoms with Gasteiger partial charge >= 0.3 is 0 Å². The number of hydrogen-bond donors (Lipinski definition) is 2. The smallest absolute Gasteiger partial charge is 0.258 e. The number of nitrogens with zero attached hydrogens (tertiary/aromatic N) is 3. The summed E-state index contributed by atoms with van der Waals surface area (Å²) in [6.07, 6.45) is 0. The molecule has 25 heavy (non-hydrogen) atoms. The molecular weight excluding hydrogens is 325 g/mol. The van der Waals surface area contributed by atoms with Crippen molar-refractivity contribution in [1.82, 2.24) is 20.2 Å². The van der Waals surface area contributed by atoms with Crippen molar-refractivity contribution >= 4 is 33.9 Å². The van der Waals surface area contributed by atoms with Crippen molar-refractivity contribution in [3.63, 3.8) is 0 Å². The van der Waals surface area contributed by atoms with Gasteiger partial charge in [0.1, 0.15) is 17.1 Å². The number of halogens is 1. The fraction of sp³-hybridized carbons (Fsp3) is 0.0588. The van der Waals surface area contributed by atoms with Crippen LogP contribution in [0.1, 0.15) is 10.4 Å². The minimum atomic E-state index is -0.369. The highest BCUT2D eigenvalue weighted by molar-refractivity contribution is 6.05. The maximum Gasteiger partial charge on any atom is 0.258 e. The first-order valence-corrected chi connectivity index (χ1v) is 7.41. The molecule has 0 spiro atoms. The Balaban J connectivity index is 1.64. The quantitative estimate of drug-likeness (QED) is 0.599. The van der Waals surface area contributed by atoms with E-state index in [0.717, 1.165) is 0 Å². The predicted octanol–water partition coefficient (Wildman–Crippen LogP) is 2.91. The van der Waals surface area contributed by atoms with E-state index in [-0.39, 0.29) is 17.7 Å². The number of rotatable bonds is 3. The highest BCUT2D eigenvalue weighted by Gasteiger charge is 2.12. The Morgan fingerprint density at radius 1 is 1.16 bits per heavy atom. The van der Waals surface area contributed by atoms with Crippen LogP contribution in [0.4, 0.5) is 10.3 Å². The second-order valence-corrected chi connectivity index (χ2v) is 5.33. The number of carbonyl (C=O) groups is 1. The van der Waals surface area contributed by atoms with Crippen molar-refractivity contribution in [2.45, 2.75) is 0 Å². The van der Waals surface area contributed by atoms with Crippen LogP contribution in [0.15, 0.2) is 42.5 Å². The Labute approximate surface area is 140 Å². The molecule has 0 aliphatic heterocycles. The Hall–Kier alpha value is -3.55. The van der Waals surface area contributed by atoms with E-state index in [1.165, 1.54) is 12.1 Å². The fourth-order valence-corrected chi connectivity index (χ4v) is 2.51. The zero-order valence-electron chi connectivity index (χ0n) is 13.1. The van der Waals surface area contributed by atoms with Gasteiger partial charge in [-0.15, -0.1) is 10.2 Å². The van der Waals surface area contributed by atoms with Crippen LogP contribution in [0.2, 0.25) is 0 Å². The first-order valence-electron chi connectivity index (χ1n) is 7.41. The number of carbonyl (C=O) groups excluding carboxylic acids is 1. The van der Waals surface area contributed by atoms with E-state index in [2.05, 4.69) is 25.5 Å². The molecule has 0 saturated carbocycles. The minimum absolute atomic E-state index is 0.0559. The third-order valence-corrected chi connectivity index (χ3v) is 3.75. The summed E-state index contributed by atoms with van der Waals surface area (Å²) in [5.74, 6) is -0.0282. The lowest BCUT2D eigenvalue weighted by Crippen LogP contribution is -2.14. The van der Waals surface area contributed by atoms with Gasteiger partial charge in [-0.2, -0.15) is 4.98 Å². The first-order chi connectivity index (χ1) is 12.1. The average Bonchev–Trinajstić information content (AvgIpc) is 2.98. The average molecular weight is 337 g/mol. The van der Waals surface area contributed by atoms with Crippen LogP contribution in [-0.4, -0.2) is 33.2 Å². The van der Waals surface area contributed by atoms with Gasteiger partial charge in [0.05, 0.1) is 7.11 Å². The van der Waals surface area contributed by atoms with Gasteiger partial charge in [0.25, 0.3) is 11.9 Å². The largest absolute Gasteiger partial charge is 0.497 e. The number of anilines is 1. The zero-order valence-corrected chi connectivity index (χ0v) is 13.1. The van der Waals surface area contributed by atoms with Crippen LogP contribution in [0.25, 0.3) is 22.1 Å². The number of amides is 1. The number of H-pyrrole nitrogens is 1. The standard InChI is InChI=1S/C17H12FN5O2/c1-25-11-5-2-9(3-6-11)16(24)21-17-20-15-14(22-23-17)12-8-10(18)4-7-13(12)19-15/h2-8H,1H3,(H2,19,20,21,23,24). The Kier molecular flexibility index (Phi) is 3.50. The molecule has 0 fully saturated rings. The summed E-state index contributed by atoms with van der Waals surface area (Å²) >= 11 is 0. The number of fused-ring (bicyclic) bond motifs is 3. The van der Waals surface area contributed by atoms with Gasteiger partial charge in [-0.3, -0.25) is 10.1 Å². The maximum atomic E-state index is 13.4. The molecule has 2 heterocycles. The van der Waals surface area contributed by atoms with Crippen molar-refractivity contribution in [3.8, 4) is 5.75 Å². The Morgan fingerprint density at radius 3 is 2.72 bits per heavy atom. The molecule has 0 saturated heterocycles. The zero-order chi connectivity index (χ0) is 17.4. The lowest BCUT2D eigenvalue weighted by atomic mass is 10.2. The molecule has 7 nitrogen and oxygen atoms in total. The van der Waals surface area contributed by atoms with Crippen molar-refractivity contribution in [2.75, 3.05) is 12.4 Å². The van der Waals surface area contributed by atoms with Crippen molar-refractivity contribution < 1.29 is 13.9 Å². The van der Waals surface area contributed by atoms with Crippen molar-refractivity contribution in [3.05, 3.63) is 53.8 Å². The van der Waals surface area contributed by atoms with Gasteiger partial charge in [0.2, 0.25) is 0 Å². The number of hydrogen-bond acceptors (Lipinski definition) is 5. The monoisotopic (exact) mass is 337 g/mol. The number of methoxy groups -OCH3 is 1. The van der Waals surface area contributed by atoms with Gasteiger partial charge < -0.3 is 9.72 Å². The van der Waals surface area contributed by atoms with Crippen LogP contribution >= 0.6 is 0 Å². The van der Waals surface area contributed by atoms with Crippen LogP contribution in [0.3, 0.4) is 0 Å². The SMILES string of the molecule is COc1ccc(C(=O)Nc2nnc3c(n2)[nH]c2ccc(F)cc23)cc1. The molecule has 4 aromatic rings. The van der Waals surface area contributed by atoms with Crippen LogP contribution in [-0.2, 0) is 0 Å². The topological polar surface area (TPSA) is 92.8 Å². The van der Waals surface area contributed by atoms with E-state index < -0.39 is 0 Å². The summed E-state index contributed by atoms with van der Waals surface area (Å²) in [6.45, 7) is 0. The summed E-state index contributed by atoms with van der Waals surface area (Å²) < 4.78 is 18.4. The summed E-state index contributed by atoms with van der Waals surface area (Å²) in [7, 11) is 1.55. The highest BCUT2D eigenvalue weighted by Crippen LogP contribution is 2.23. The molecule has 124 valence electrons. The van der Waals surface area contributed by atoms with Gasteiger partial charge in [0, 0.05) is 16.5 Å². The van der Waals surface area contributed by atoms with Gasteiger partial charge in [0.15, 0.2) is 5.65 Å². The molecule has 2 N–H and O–H groups in total. The number of benzene rings is 2. The molecule has 2 aromatic heterocycles. The van der Waals surface area contributed by atoms with Gasteiger partial charge in [-0.05, 0) is 42.5 Å². The van der Waals surface area contributed by atoms with Gasteiger partial charge in [-0.1, -0.05) is 0 Å². The molecule has 0 aliphatic rings. The molecular formula is C17H12FN5O2. The van der Waals surface area contributed by atoms with E-state index in [1.54, 1.807) is 37.4 Å². The van der Waals surface area contributed by atoms with Crippen molar-refractivity contribution in [1.29, 1.82) is 0 Å². The predicted molar refractivity (Wildman–Crippen MR) is 90.1 cm³/mol. The number of aromatic amines is 1. The lowest BCUT2D eigenvalue weighted by molar-refractivity contribution is 0.102. The third-order valence-electron chi connectivity index (χ3n) is 3.75. The maximum absolute atomic E-state index is 13.4. The summed E-state index contributed by atoms with van der Waals surface area (Å²) in [5.41, 5.74) is 1.98. The lowest BCUT2D eigenvalue weighted by Gasteiger charge is -2.04. The molecule has 0 bridgehead atoms. The number of nitrogens with one attached hydrogen (secondary N) is 2. The third kappa shape index (κ3) is 2.74. The van der Waals surface area contributed by atoms with E-state index in [4.69, 9.17) is 4.74 Å². The van der Waals surface area contributed by atoms with E-state index in [9.17, 15) is 9.18 Å². The molecule has 0 atom stereocenters. The van der Waals surface area contributed by atoms with E-state index >= 15 is 0 Å². The first kappa shape index (κ1) is 15.0. The normalized spacial score (nSPS) is 11.0. The summed E-state index contributed by atoms with van der Waals surface area (Å²) in [6, 6.07) is 10.9. The molecule has 8 heteroatoms. The molecule has 0 unspecified atom stereocenters. The number of aromatic nitrogens is 4. The molecule has 2 aromatic carbocycles. The van der Waals surface area contributed by atoms with Crippen LogP contribution in [0.5, 0.6) is 5.75 Å². The molecule has 0 aliphatic carbocycles. The van der Waals surface area contributed by atoms with Gasteiger partial charge in [-0.25, -0.2) is 4.39 Å². The highest BCUT2D eigenvalue weighted by atomic mass is 19.1. The van der Waals surface area contributed by atoms with Crippen molar-refractivity contribution in [2.24, 2.45) is 0 Å². The number of ether oxygens (including phenoxy) is 1. The molecule has 4 rings (SSSR count). The molecule has 1 amide bonds. The fourth-order valence-electron chi connectivity index (χ4n) is 2.51. The Bertz CT molecular complexity index is 1090. The van der Waals surface area contributed by atoms with Crippen LogP contribution in [0, 0.1) is 5.82 Å². The van der Waals surface area contributed by atoms with Crippen LogP contribution < -0.4 is 10.1 Å². The summed E-state index contributed by atoms with van der Waals surface area (Å²) in [5, 5.41) is 11.1. The second kappa shape index (κ2) is 5.82.